The van der Waals surface area contributed by atoms with Crippen molar-refractivity contribution in [2.75, 3.05) is 17.7 Å². The summed E-state index contributed by atoms with van der Waals surface area (Å²) in [5.74, 6) is 0.740. The predicted octanol–water partition coefficient (Wildman–Crippen LogP) is -0.610. The Balaban J connectivity index is 0.000000196. The third kappa shape index (κ3) is 6.66. The second kappa shape index (κ2) is 10.5. The van der Waals surface area contributed by atoms with Crippen LogP contribution in [0.15, 0.2) is 30.9 Å². The molecule has 0 amide bonds. The Labute approximate surface area is 187 Å². The van der Waals surface area contributed by atoms with Crippen molar-refractivity contribution < 1.29 is 38.9 Å². The Morgan fingerprint density at radius 1 is 1.21 bits per heavy atom. The molecule has 0 bridgehead atoms. The fourth-order valence-corrected chi connectivity index (χ4v) is 3.34. The first kappa shape index (κ1) is 25.0. The van der Waals surface area contributed by atoms with Gasteiger partial charge in [-0.1, -0.05) is 6.07 Å². The van der Waals surface area contributed by atoms with Gasteiger partial charge < -0.3 is 45.9 Å². The number of phosphoric acid groups is 1. The topological polar surface area (TPSA) is 229 Å². The van der Waals surface area contributed by atoms with Crippen molar-refractivity contribution in [3.05, 3.63) is 42.0 Å². The van der Waals surface area contributed by atoms with Crippen LogP contribution in [0.1, 0.15) is 11.1 Å². The Morgan fingerprint density at radius 3 is 2.64 bits per heavy atom. The number of nitrogens with zero attached hydrogens (tertiary/aromatic N) is 3. The lowest BCUT2D eigenvalue weighted by Crippen LogP contribution is -2.34. The summed E-state index contributed by atoms with van der Waals surface area (Å²) in [5, 5.41) is 30.3. The first-order chi connectivity index (χ1) is 15.5. The SMILES string of the molecule is Cc1ccc(N)cc1CNc1ncnc2nc[nH]c12.O=P(O)(O)OC[C@H]1OC(O)[C@H](O)[C@@H]1O. The molecule has 180 valence electrons. The van der Waals surface area contributed by atoms with Gasteiger partial charge in [-0.15, -0.1) is 0 Å². The molecule has 9 N–H and O–H groups in total. The average Bonchev–Trinajstić information content (AvgIpc) is 3.34. The summed E-state index contributed by atoms with van der Waals surface area (Å²) in [6.45, 7) is 2.10. The number of rotatable bonds is 6. The number of ether oxygens (including phenoxy) is 1. The normalized spacial score (nSPS) is 22.7. The molecule has 33 heavy (non-hydrogen) atoms. The number of aliphatic hydroxyl groups is 3. The van der Waals surface area contributed by atoms with Crippen LogP contribution >= 0.6 is 7.82 Å². The number of phosphoric ester groups is 1. The number of anilines is 2. The number of aryl methyl sites for hydroxylation is 1. The molecule has 1 aromatic carbocycles. The van der Waals surface area contributed by atoms with E-state index < -0.39 is 39.0 Å². The molecule has 15 heteroatoms. The summed E-state index contributed by atoms with van der Waals surface area (Å²) < 4.78 is 18.9. The summed E-state index contributed by atoms with van der Waals surface area (Å²) in [6.07, 6.45) is -2.56. The van der Waals surface area contributed by atoms with Crippen LogP contribution in [0.25, 0.3) is 11.2 Å². The number of hydrogen-bond acceptors (Lipinski definition) is 11. The van der Waals surface area contributed by atoms with Gasteiger partial charge in [-0.25, -0.2) is 19.5 Å². The highest BCUT2D eigenvalue weighted by molar-refractivity contribution is 7.46. The lowest BCUT2D eigenvalue weighted by atomic mass is 10.1. The van der Waals surface area contributed by atoms with Gasteiger partial charge in [0.15, 0.2) is 17.8 Å². The minimum Gasteiger partial charge on any atom is -0.399 e. The van der Waals surface area contributed by atoms with Crippen LogP contribution in [0.3, 0.4) is 0 Å². The van der Waals surface area contributed by atoms with Gasteiger partial charge in [0.1, 0.15) is 30.2 Å². The van der Waals surface area contributed by atoms with E-state index in [4.69, 9.17) is 30.8 Å². The number of nitrogen functional groups attached to an aromatic ring is 1. The van der Waals surface area contributed by atoms with Gasteiger partial charge in [-0.2, -0.15) is 0 Å². The van der Waals surface area contributed by atoms with E-state index in [9.17, 15) is 4.57 Å². The minimum absolute atomic E-state index is 0.612. The molecular formula is C18H25N6O8P. The molecule has 0 spiro atoms. The standard InChI is InChI=1S/C13H14N6.C5H11O8P/c1-8-2-3-10(14)4-9(8)5-15-12-11-13(17-6-16-11)19-7-18-12;6-3-2(1-12-14(9,10)11)13-5(8)4(3)7/h2-4,6-7H,5,14H2,1H3,(H2,15,16,17,18,19);2-8H,1H2,(H2,9,10,11)/t;2-,3-,4-,5?/m.1/s1. The number of hydrogen-bond donors (Lipinski definition) is 8. The number of imidazole rings is 1. The maximum atomic E-state index is 10.3. The fraction of sp³-hybridized carbons (Fsp3) is 0.389. The smallest absolute Gasteiger partial charge is 0.399 e. The second-order valence-electron chi connectivity index (χ2n) is 7.20. The van der Waals surface area contributed by atoms with Crippen LogP contribution in [0.4, 0.5) is 11.5 Å². The highest BCUT2D eigenvalue weighted by Gasteiger charge is 2.42. The average molecular weight is 484 g/mol. The first-order valence-corrected chi connectivity index (χ1v) is 11.2. The molecule has 0 aliphatic carbocycles. The molecule has 1 fully saturated rings. The molecule has 1 aliphatic rings. The quantitative estimate of drug-likeness (QED) is 0.161. The third-order valence-electron chi connectivity index (χ3n) is 4.79. The molecule has 3 heterocycles. The van der Waals surface area contributed by atoms with E-state index in [1.807, 2.05) is 18.2 Å². The van der Waals surface area contributed by atoms with Gasteiger partial charge in [0.2, 0.25) is 0 Å². The predicted molar refractivity (Wildman–Crippen MR) is 115 cm³/mol. The van der Waals surface area contributed by atoms with Crippen LogP contribution in [0.2, 0.25) is 0 Å². The van der Waals surface area contributed by atoms with Crippen LogP contribution in [0, 0.1) is 6.92 Å². The van der Waals surface area contributed by atoms with Gasteiger partial charge in [0.05, 0.1) is 12.9 Å². The van der Waals surface area contributed by atoms with Gasteiger partial charge in [-0.3, -0.25) is 4.52 Å². The zero-order valence-electron chi connectivity index (χ0n) is 17.4. The number of H-pyrrole nitrogens is 1. The number of aromatic nitrogens is 4. The lowest BCUT2D eigenvalue weighted by Gasteiger charge is -2.14. The molecule has 1 unspecified atom stereocenters. The van der Waals surface area contributed by atoms with E-state index in [1.54, 1.807) is 6.33 Å². The number of nitrogens with one attached hydrogen (secondary N) is 2. The van der Waals surface area contributed by atoms with Crippen molar-refractivity contribution in [3.63, 3.8) is 0 Å². The van der Waals surface area contributed by atoms with E-state index in [2.05, 4.69) is 41.4 Å². The molecule has 3 aromatic rings. The van der Waals surface area contributed by atoms with Crippen LogP contribution < -0.4 is 11.1 Å². The molecular weight excluding hydrogens is 459 g/mol. The van der Waals surface area contributed by atoms with Gasteiger partial charge in [0.25, 0.3) is 0 Å². The van der Waals surface area contributed by atoms with Crippen molar-refractivity contribution in [2.45, 2.75) is 38.1 Å². The largest absolute Gasteiger partial charge is 0.469 e. The zero-order chi connectivity index (χ0) is 24.2. The Kier molecular flexibility index (Phi) is 7.94. The van der Waals surface area contributed by atoms with Crippen molar-refractivity contribution in [1.29, 1.82) is 0 Å². The molecule has 4 atom stereocenters. The number of aliphatic hydroxyl groups excluding tert-OH is 3. The minimum atomic E-state index is -4.64. The number of benzene rings is 1. The number of fused-ring (bicyclic) bond motifs is 1. The maximum Gasteiger partial charge on any atom is 0.469 e. The van der Waals surface area contributed by atoms with Crippen molar-refractivity contribution in [1.82, 2.24) is 19.9 Å². The van der Waals surface area contributed by atoms with E-state index in [0.29, 0.717) is 12.2 Å². The molecule has 0 saturated carbocycles. The molecule has 0 radical (unpaired) electrons. The summed E-state index contributed by atoms with van der Waals surface area (Å²) in [6, 6.07) is 5.88. The van der Waals surface area contributed by atoms with Crippen LogP contribution in [0.5, 0.6) is 0 Å². The van der Waals surface area contributed by atoms with Crippen LogP contribution in [-0.2, 0) is 20.4 Å². The number of aromatic amines is 1. The Hall–Kier alpha value is -2.68. The molecule has 1 saturated heterocycles. The van der Waals surface area contributed by atoms with E-state index in [-0.39, 0.29) is 0 Å². The zero-order valence-corrected chi connectivity index (χ0v) is 18.3. The van der Waals surface area contributed by atoms with Crippen LogP contribution in [-0.4, -0.2) is 76.3 Å². The Morgan fingerprint density at radius 2 is 1.97 bits per heavy atom. The Bertz CT molecular complexity index is 1120. The lowest BCUT2D eigenvalue weighted by molar-refractivity contribution is -0.132. The first-order valence-electron chi connectivity index (χ1n) is 9.68. The van der Waals surface area contributed by atoms with E-state index in [1.165, 1.54) is 11.9 Å². The monoisotopic (exact) mass is 484 g/mol. The van der Waals surface area contributed by atoms with Crippen molar-refractivity contribution >= 4 is 30.5 Å². The van der Waals surface area contributed by atoms with Crippen molar-refractivity contribution in [3.8, 4) is 0 Å². The van der Waals surface area contributed by atoms with Gasteiger partial charge in [-0.05, 0) is 30.2 Å². The summed E-state index contributed by atoms with van der Waals surface area (Å²) >= 11 is 0. The summed E-state index contributed by atoms with van der Waals surface area (Å²) in [4.78, 5) is 32.1. The highest BCUT2D eigenvalue weighted by atomic mass is 31.2. The third-order valence-corrected chi connectivity index (χ3v) is 5.27. The number of nitrogens with two attached hydrogens (primary N) is 1. The van der Waals surface area contributed by atoms with Gasteiger partial charge in [0, 0.05) is 12.2 Å². The summed E-state index contributed by atoms with van der Waals surface area (Å²) in [5.41, 5.74) is 10.4. The fourth-order valence-electron chi connectivity index (χ4n) is 3.00. The molecule has 14 nitrogen and oxygen atoms in total. The summed E-state index contributed by atoms with van der Waals surface area (Å²) in [7, 11) is -4.64. The molecule has 4 rings (SSSR count). The van der Waals surface area contributed by atoms with Gasteiger partial charge >= 0.3 is 7.82 Å². The van der Waals surface area contributed by atoms with Crippen molar-refractivity contribution in [2.24, 2.45) is 0 Å². The second-order valence-corrected chi connectivity index (χ2v) is 8.43. The maximum absolute atomic E-state index is 10.3. The molecule has 1 aliphatic heterocycles. The highest BCUT2D eigenvalue weighted by Crippen LogP contribution is 2.37. The van der Waals surface area contributed by atoms with E-state index in [0.717, 1.165) is 22.6 Å². The van der Waals surface area contributed by atoms with E-state index >= 15 is 0 Å². The molecule has 2 aromatic heterocycles.